The lowest BCUT2D eigenvalue weighted by Crippen LogP contribution is -2.29. The van der Waals surface area contributed by atoms with Crippen molar-refractivity contribution in [3.8, 4) is 11.3 Å². The largest absolute Gasteiger partial charge is 0.326 e. The Balaban J connectivity index is 1.85. The zero-order chi connectivity index (χ0) is 21.0. The molecule has 0 aliphatic carbocycles. The number of rotatable bonds is 5. The van der Waals surface area contributed by atoms with E-state index in [9.17, 15) is 14.4 Å². The number of amides is 2. The van der Waals surface area contributed by atoms with Crippen molar-refractivity contribution in [2.75, 3.05) is 10.6 Å². The van der Waals surface area contributed by atoms with Crippen molar-refractivity contribution in [1.82, 2.24) is 9.78 Å². The minimum Gasteiger partial charge on any atom is -0.326 e. The fourth-order valence-corrected chi connectivity index (χ4v) is 3.09. The number of benzene rings is 2. The van der Waals surface area contributed by atoms with Gasteiger partial charge in [-0.3, -0.25) is 14.4 Å². The van der Waals surface area contributed by atoms with Crippen molar-refractivity contribution in [3.63, 3.8) is 0 Å². The first kappa shape index (κ1) is 20.5. The van der Waals surface area contributed by atoms with E-state index in [1.54, 1.807) is 24.3 Å². The van der Waals surface area contributed by atoms with Crippen molar-refractivity contribution >= 4 is 39.1 Å². The number of hydrogen-bond donors (Lipinski definition) is 2. The molecule has 7 nitrogen and oxygen atoms in total. The number of nitrogens with one attached hydrogen (secondary N) is 2. The monoisotopic (exact) mass is 454 g/mol. The van der Waals surface area contributed by atoms with E-state index in [1.807, 2.05) is 31.2 Å². The van der Waals surface area contributed by atoms with Crippen molar-refractivity contribution in [3.05, 3.63) is 75.0 Å². The molecule has 148 valence electrons. The molecule has 0 bridgehead atoms. The van der Waals surface area contributed by atoms with Gasteiger partial charge in [-0.2, -0.15) is 5.10 Å². The van der Waals surface area contributed by atoms with Crippen LogP contribution in [0.4, 0.5) is 11.4 Å². The molecule has 0 atom stereocenters. The average Bonchev–Trinajstić information content (AvgIpc) is 2.67. The van der Waals surface area contributed by atoms with Gasteiger partial charge in [0.25, 0.3) is 5.56 Å². The van der Waals surface area contributed by atoms with Gasteiger partial charge in [-0.05, 0) is 52.7 Å². The zero-order valence-corrected chi connectivity index (χ0v) is 17.5. The lowest BCUT2D eigenvalue weighted by Gasteiger charge is -2.11. The molecule has 0 spiro atoms. The molecule has 0 radical (unpaired) electrons. The Labute approximate surface area is 175 Å². The van der Waals surface area contributed by atoms with Crippen LogP contribution in [0.2, 0.25) is 0 Å². The lowest BCUT2D eigenvalue weighted by molar-refractivity contribution is -0.117. The normalized spacial score (nSPS) is 10.4. The molecule has 2 N–H and O–H groups in total. The van der Waals surface area contributed by atoms with E-state index < -0.39 is 0 Å². The highest BCUT2D eigenvalue weighted by atomic mass is 79.9. The van der Waals surface area contributed by atoms with E-state index >= 15 is 0 Å². The second-order valence-electron chi connectivity index (χ2n) is 6.45. The van der Waals surface area contributed by atoms with Gasteiger partial charge in [0.05, 0.1) is 11.4 Å². The van der Waals surface area contributed by atoms with Crippen LogP contribution in [0.15, 0.2) is 63.9 Å². The van der Waals surface area contributed by atoms with Gasteiger partial charge in [0.2, 0.25) is 11.8 Å². The fraction of sp³-hybridized carbons (Fsp3) is 0.143. The Kier molecular flexibility index (Phi) is 6.23. The molecule has 2 aromatic carbocycles. The number of para-hydroxylation sites is 1. The quantitative estimate of drug-likeness (QED) is 0.615. The second-order valence-corrected chi connectivity index (χ2v) is 7.31. The van der Waals surface area contributed by atoms with E-state index in [0.29, 0.717) is 17.1 Å². The summed E-state index contributed by atoms with van der Waals surface area (Å²) in [5.41, 5.74) is 3.04. The molecule has 0 aliphatic heterocycles. The van der Waals surface area contributed by atoms with Crippen LogP contribution in [0, 0.1) is 6.92 Å². The van der Waals surface area contributed by atoms with E-state index in [0.717, 1.165) is 20.3 Å². The minimum atomic E-state index is -0.384. The molecule has 0 saturated carbocycles. The fourth-order valence-electron chi connectivity index (χ4n) is 2.71. The van der Waals surface area contributed by atoms with Gasteiger partial charge in [0.1, 0.15) is 6.54 Å². The van der Waals surface area contributed by atoms with Gasteiger partial charge in [-0.1, -0.05) is 24.3 Å². The molecule has 8 heteroatoms. The van der Waals surface area contributed by atoms with Crippen LogP contribution in [0.1, 0.15) is 12.5 Å². The third-order valence-electron chi connectivity index (χ3n) is 4.15. The second kappa shape index (κ2) is 8.83. The summed E-state index contributed by atoms with van der Waals surface area (Å²) in [5.74, 6) is -0.543. The molecule has 0 unspecified atom stereocenters. The summed E-state index contributed by atoms with van der Waals surface area (Å²) in [6, 6.07) is 15.7. The van der Waals surface area contributed by atoms with E-state index in [4.69, 9.17) is 0 Å². The Hall–Kier alpha value is -3.26. The lowest BCUT2D eigenvalue weighted by atomic mass is 10.1. The molecular weight excluding hydrogens is 436 g/mol. The van der Waals surface area contributed by atoms with Crippen LogP contribution in [0.5, 0.6) is 0 Å². The third kappa shape index (κ3) is 5.17. The Bertz CT molecular complexity index is 1140. The van der Waals surface area contributed by atoms with Crippen molar-refractivity contribution in [2.24, 2.45) is 0 Å². The van der Waals surface area contributed by atoms with Gasteiger partial charge in [-0.15, -0.1) is 0 Å². The summed E-state index contributed by atoms with van der Waals surface area (Å²) in [6.07, 6.45) is 0. The molecule has 0 aliphatic rings. The summed E-state index contributed by atoms with van der Waals surface area (Å²) >= 11 is 3.37. The van der Waals surface area contributed by atoms with Crippen LogP contribution in [-0.4, -0.2) is 21.6 Å². The first-order valence-electron chi connectivity index (χ1n) is 8.84. The van der Waals surface area contributed by atoms with E-state index in [2.05, 4.69) is 31.7 Å². The number of halogens is 1. The molecule has 29 heavy (non-hydrogen) atoms. The maximum Gasteiger partial charge on any atom is 0.267 e. The smallest absolute Gasteiger partial charge is 0.267 e. The molecule has 0 saturated heterocycles. The number of carbonyl (C=O) groups excluding carboxylic acids is 2. The standard InChI is InChI=1S/C21H19BrN4O3/c1-13-7-8-15(11-19(13)23-14(2)27)17-9-10-21(29)26(25-17)12-20(28)24-18-6-4-3-5-16(18)22/h3-11H,12H2,1-2H3,(H,23,27)(H,24,28). The van der Waals surface area contributed by atoms with Crippen molar-refractivity contribution in [2.45, 2.75) is 20.4 Å². The van der Waals surface area contributed by atoms with Crippen molar-refractivity contribution < 1.29 is 9.59 Å². The van der Waals surface area contributed by atoms with Crippen LogP contribution < -0.4 is 16.2 Å². The molecule has 0 fully saturated rings. The summed E-state index contributed by atoms with van der Waals surface area (Å²) in [4.78, 5) is 35.9. The average molecular weight is 455 g/mol. The number of carbonyl (C=O) groups is 2. The maximum absolute atomic E-state index is 12.4. The highest BCUT2D eigenvalue weighted by Crippen LogP contribution is 2.24. The number of anilines is 2. The Morgan fingerprint density at radius 2 is 1.79 bits per heavy atom. The van der Waals surface area contributed by atoms with Gasteiger partial charge in [0, 0.05) is 28.7 Å². The Morgan fingerprint density at radius 1 is 1.03 bits per heavy atom. The minimum absolute atomic E-state index is 0.174. The van der Waals surface area contributed by atoms with Gasteiger partial charge < -0.3 is 10.6 Å². The highest BCUT2D eigenvalue weighted by Gasteiger charge is 2.11. The van der Waals surface area contributed by atoms with Gasteiger partial charge in [-0.25, -0.2) is 4.68 Å². The molecule has 3 rings (SSSR count). The number of aryl methyl sites for hydroxylation is 1. The SMILES string of the molecule is CC(=O)Nc1cc(-c2ccc(=O)n(CC(=O)Nc3ccccc3Br)n2)ccc1C. The molecular formula is C21H19BrN4O3. The van der Waals surface area contributed by atoms with Crippen LogP contribution in [0.3, 0.4) is 0 Å². The molecule has 3 aromatic rings. The summed E-state index contributed by atoms with van der Waals surface area (Å²) in [7, 11) is 0. The van der Waals surface area contributed by atoms with E-state index in [-0.39, 0.29) is 23.9 Å². The highest BCUT2D eigenvalue weighted by molar-refractivity contribution is 9.10. The summed E-state index contributed by atoms with van der Waals surface area (Å²) in [5, 5.41) is 9.84. The summed E-state index contributed by atoms with van der Waals surface area (Å²) < 4.78 is 1.85. The zero-order valence-electron chi connectivity index (χ0n) is 15.9. The number of hydrogen-bond acceptors (Lipinski definition) is 4. The van der Waals surface area contributed by atoms with Crippen LogP contribution in [-0.2, 0) is 16.1 Å². The first-order valence-corrected chi connectivity index (χ1v) is 9.64. The predicted molar refractivity (Wildman–Crippen MR) is 116 cm³/mol. The molecule has 2 amide bonds. The predicted octanol–water partition coefficient (Wildman–Crippen LogP) is 3.58. The number of nitrogens with zero attached hydrogens (tertiary/aromatic N) is 2. The topological polar surface area (TPSA) is 93.1 Å². The first-order chi connectivity index (χ1) is 13.8. The summed E-state index contributed by atoms with van der Waals surface area (Å²) in [6.45, 7) is 3.10. The maximum atomic E-state index is 12.4. The van der Waals surface area contributed by atoms with E-state index in [1.165, 1.54) is 13.0 Å². The molecule has 1 aromatic heterocycles. The van der Waals surface area contributed by atoms with Gasteiger partial charge >= 0.3 is 0 Å². The Morgan fingerprint density at radius 3 is 2.52 bits per heavy atom. The van der Waals surface area contributed by atoms with Crippen LogP contribution >= 0.6 is 15.9 Å². The third-order valence-corrected chi connectivity index (χ3v) is 4.84. The van der Waals surface area contributed by atoms with Crippen molar-refractivity contribution in [1.29, 1.82) is 0 Å². The number of aromatic nitrogens is 2. The molecule has 1 heterocycles. The van der Waals surface area contributed by atoms with Crippen LogP contribution in [0.25, 0.3) is 11.3 Å². The van der Waals surface area contributed by atoms with Gasteiger partial charge in [0.15, 0.2) is 0 Å².